The van der Waals surface area contributed by atoms with E-state index < -0.39 is 0 Å². The molecular formula is C23H17N3O2S3. The van der Waals surface area contributed by atoms with Crippen LogP contribution in [0.3, 0.4) is 0 Å². The Morgan fingerprint density at radius 3 is 2.71 bits per heavy atom. The molecule has 1 fully saturated rings. The maximum atomic E-state index is 12.7. The second-order valence-electron chi connectivity index (χ2n) is 7.23. The Kier molecular flexibility index (Phi) is 5.43. The van der Waals surface area contributed by atoms with E-state index >= 15 is 0 Å². The fraction of sp³-hybridized carbons (Fsp3) is 0.130. The van der Waals surface area contributed by atoms with Crippen LogP contribution in [0.2, 0.25) is 0 Å². The quantitative estimate of drug-likeness (QED) is 0.421. The van der Waals surface area contributed by atoms with E-state index in [0.717, 1.165) is 36.1 Å². The van der Waals surface area contributed by atoms with Gasteiger partial charge in [0.25, 0.3) is 11.8 Å². The number of nitrogens with one attached hydrogen (secondary N) is 2. The molecule has 31 heavy (non-hydrogen) atoms. The molecule has 0 spiro atoms. The largest absolute Gasteiger partial charge is 0.307 e. The van der Waals surface area contributed by atoms with Crippen LogP contribution in [0.25, 0.3) is 17.3 Å². The van der Waals surface area contributed by atoms with E-state index in [1.807, 2.05) is 18.2 Å². The summed E-state index contributed by atoms with van der Waals surface area (Å²) in [6.45, 7) is 0. The number of thiocarbonyl (C=S) groups is 1. The number of amides is 2. The number of hydrogen-bond donors (Lipinski definition) is 2. The predicted octanol–water partition coefficient (Wildman–Crippen LogP) is 5.04. The minimum atomic E-state index is -0.203. The first kappa shape index (κ1) is 20.1. The summed E-state index contributed by atoms with van der Waals surface area (Å²) in [4.78, 5) is 31.0. The number of carbonyl (C=O) groups excluding carboxylic acids is 2. The van der Waals surface area contributed by atoms with E-state index in [0.29, 0.717) is 19.9 Å². The molecule has 3 aromatic rings. The Hall–Kier alpha value is -2.81. The molecule has 5 nitrogen and oxygen atoms in total. The van der Waals surface area contributed by atoms with Gasteiger partial charge in [-0.3, -0.25) is 14.9 Å². The van der Waals surface area contributed by atoms with Crippen LogP contribution < -0.4 is 10.6 Å². The molecule has 154 valence electrons. The molecule has 0 radical (unpaired) electrons. The zero-order chi connectivity index (χ0) is 21.4. The predicted molar refractivity (Wildman–Crippen MR) is 130 cm³/mol. The Labute approximate surface area is 193 Å². The summed E-state index contributed by atoms with van der Waals surface area (Å²) >= 11 is 7.78. The van der Waals surface area contributed by atoms with E-state index in [1.165, 1.54) is 22.2 Å². The number of thioether (sulfide) groups is 1. The Bertz CT molecular complexity index is 1250. The number of aryl methyl sites for hydroxylation is 2. The van der Waals surface area contributed by atoms with Crippen molar-refractivity contribution in [2.24, 2.45) is 0 Å². The third-order valence-corrected chi connectivity index (χ3v) is 7.35. The lowest BCUT2D eigenvalue weighted by Crippen LogP contribution is -2.17. The molecular weight excluding hydrogens is 446 g/mol. The van der Waals surface area contributed by atoms with Crippen LogP contribution in [-0.4, -0.2) is 21.1 Å². The molecule has 2 heterocycles. The molecule has 0 saturated carbocycles. The van der Waals surface area contributed by atoms with E-state index in [2.05, 4.69) is 28.8 Å². The minimum Gasteiger partial charge on any atom is -0.307 e. The fourth-order valence-electron chi connectivity index (χ4n) is 3.67. The summed E-state index contributed by atoms with van der Waals surface area (Å²) < 4.78 is 0.455. The van der Waals surface area contributed by atoms with Gasteiger partial charge in [-0.1, -0.05) is 60.4 Å². The molecule has 1 aliphatic carbocycles. The van der Waals surface area contributed by atoms with E-state index in [-0.39, 0.29) is 11.8 Å². The maximum absolute atomic E-state index is 12.7. The molecule has 8 heteroatoms. The number of fused-ring (bicyclic) bond motifs is 3. The molecule has 1 aliphatic heterocycles. The highest BCUT2D eigenvalue weighted by atomic mass is 32.2. The van der Waals surface area contributed by atoms with Crippen molar-refractivity contribution in [1.82, 2.24) is 10.3 Å². The Morgan fingerprint density at radius 2 is 1.94 bits per heavy atom. The van der Waals surface area contributed by atoms with Crippen molar-refractivity contribution in [1.29, 1.82) is 0 Å². The molecule has 0 unspecified atom stereocenters. The number of anilines is 1. The Balaban J connectivity index is 1.33. The third kappa shape index (κ3) is 4.19. The molecule has 1 saturated heterocycles. The topological polar surface area (TPSA) is 71.1 Å². The number of nitrogens with zero attached hydrogens (tertiary/aromatic N) is 1. The summed E-state index contributed by atoms with van der Waals surface area (Å²) in [6, 6.07) is 15.5. The third-order valence-electron chi connectivity index (χ3n) is 5.15. The van der Waals surface area contributed by atoms with Crippen LogP contribution in [0.15, 0.2) is 53.4 Å². The van der Waals surface area contributed by atoms with Gasteiger partial charge in [0.2, 0.25) is 0 Å². The van der Waals surface area contributed by atoms with Crippen molar-refractivity contribution < 1.29 is 9.59 Å². The zero-order valence-corrected chi connectivity index (χ0v) is 18.8. The first-order valence-corrected chi connectivity index (χ1v) is 11.9. The second-order valence-corrected chi connectivity index (χ2v) is 10.0. The van der Waals surface area contributed by atoms with Crippen molar-refractivity contribution in [3.8, 4) is 11.3 Å². The molecule has 2 aliphatic rings. The van der Waals surface area contributed by atoms with Gasteiger partial charge in [-0.15, -0.1) is 11.3 Å². The van der Waals surface area contributed by atoms with Gasteiger partial charge in [0.05, 0.1) is 10.6 Å². The average molecular weight is 464 g/mol. The number of aromatic nitrogens is 1. The fourth-order valence-corrected chi connectivity index (χ4v) is 5.72. The van der Waals surface area contributed by atoms with Crippen LogP contribution in [0.1, 0.15) is 32.8 Å². The summed E-state index contributed by atoms with van der Waals surface area (Å²) in [5.41, 5.74) is 4.82. The number of carbonyl (C=O) groups is 2. The first-order chi connectivity index (χ1) is 15.1. The van der Waals surface area contributed by atoms with Crippen molar-refractivity contribution in [3.63, 3.8) is 0 Å². The lowest BCUT2D eigenvalue weighted by molar-refractivity contribution is -0.115. The van der Waals surface area contributed by atoms with Gasteiger partial charge in [-0.25, -0.2) is 4.98 Å². The average Bonchev–Trinajstić information content (AvgIpc) is 3.25. The molecule has 5 rings (SSSR count). The number of benzene rings is 2. The number of rotatable bonds is 3. The van der Waals surface area contributed by atoms with E-state index in [9.17, 15) is 9.59 Å². The van der Waals surface area contributed by atoms with Gasteiger partial charge in [-0.05, 0) is 48.6 Å². The SMILES string of the molecule is O=C1NC(=S)S/C1=C\c1ccc(C(=O)Nc2nc3c(s2)CCCc2ccccc2-3)cc1. The van der Waals surface area contributed by atoms with Crippen molar-refractivity contribution >= 4 is 62.7 Å². The standard InChI is InChI=1S/C23H17N3O2S3/c27-20(15-10-8-13(9-11-15)12-18-21(28)26-23(29)31-18)25-22-24-19-16-6-2-1-4-14(16)5-3-7-17(19)30-22/h1-2,4,6,8-12H,3,5,7H2,(H,24,25,27)(H,26,28,29)/b18-12-. The van der Waals surface area contributed by atoms with Gasteiger partial charge < -0.3 is 5.32 Å². The van der Waals surface area contributed by atoms with Gasteiger partial charge in [-0.2, -0.15) is 0 Å². The van der Waals surface area contributed by atoms with Gasteiger partial charge in [0, 0.05) is 16.0 Å². The number of hydrogen-bond acceptors (Lipinski definition) is 6. The lowest BCUT2D eigenvalue weighted by Gasteiger charge is -2.04. The van der Waals surface area contributed by atoms with E-state index in [1.54, 1.807) is 29.5 Å². The highest BCUT2D eigenvalue weighted by Crippen LogP contribution is 2.37. The molecule has 0 atom stereocenters. The lowest BCUT2D eigenvalue weighted by atomic mass is 10.0. The number of thiazole rings is 1. The maximum Gasteiger partial charge on any atom is 0.263 e. The van der Waals surface area contributed by atoms with Crippen LogP contribution in [0.5, 0.6) is 0 Å². The molecule has 2 amide bonds. The molecule has 0 bridgehead atoms. The molecule has 2 aromatic carbocycles. The monoisotopic (exact) mass is 463 g/mol. The van der Waals surface area contributed by atoms with Crippen molar-refractivity contribution in [2.45, 2.75) is 19.3 Å². The first-order valence-electron chi connectivity index (χ1n) is 9.81. The minimum absolute atomic E-state index is 0.193. The zero-order valence-electron chi connectivity index (χ0n) is 16.3. The van der Waals surface area contributed by atoms with E-state index in [4.69, 9.17) is 17.2 Å². The summed E-state index contributed by atoms with van der Waals surface area (Å²) in [5, 5.41) is 6.15. The van der Waals surface area contributed by atoms with Gasteiger partial charge in [0.1, 0.15) is 4.32 Å². The van der Waals surface area contributed by atoms with Crippen LogP contribution in [0.4, 0.5) is 5.13 Å². The normalized spacial score (nSPS) is 16.5. The van der Waals surface area contributed by atoms with Crippen LogP contribution in [-0.2, 0) is 17.6 Å². The van der Waals surface area contributed by atoms with Crippen molar-refractivity contribution in [2.75, 3.05) is 5.32 Å². The highest BCUT2D eigenvalue weighted by Gasteiger charge is 2.22. The smallest absolute Gasteiger partial charge is 0.263 e. The summed E-state index contributed by atoms with van der Waals surface area (Å²) in [7, 11) is 0. The summed E-state index contributed by atoms with van der Waals surface area (Å²) in [6.07, 6.45) is 4.86. The van der Waals surface area contributed by atoms with Crippen LogP contribution >= 0.6 is 35.3 Å². The molecule has 1 aromatic heterocycles. The van der Waals surface area contributed by atoms with Crippen molar-refractivity contribution in [3.05, 3.63) is 75.0 Å². The van der Waals surface area contributed by atoms with Gasteiger partial charge >= 0.3 is 0 Å². The Morgan fingerprint density at radius 1 is 1.13 bits per heavy atom. The second kappa shape index (κ2) is 8.37. The summed E-state index contributed by atoms with van der Waals surface area (Å²) in [5.74, 6) is -0.396. The van der Waals surface area contributed by atoms with Crippen LogP contribution in [0, 0.1) is 0 Å². The highest BCUT2D eigenvalue weighted by molar-refractivity contribution is 8.26. The molecule has 2 N–H and O–H groups in total. The van der Waals surface area contributed by atoms with Gasteiger partial charge in [0.15, 0.2) is 5.13 Å².